The van der Waals surface area contributed by atoms with Crippen LogP contribution in [0.2, 0.25) is 0 Å². The molecule has 2 N–H and O–H groups in total. The summed E-state index contributed by atoms with van der Waals surface area (Å²) < 4.78 is 0. The van der Waals surface area contributed by atoms with Crippen molar-refractivity contribution in [2.24, 2.45) is 23.7 Å². The Hall–Kier alpha value is -1.86. The van der Waals surface area contributed by atoms with Crippen LogP contribution >= 0.6 is 0 Å². The van der Waals surface area contributed by atoms with Crippen LogP contribution in [0, 0.1) is 35.0 Å². The van der Waals surface area contributed by atoms with Gasteiger partial charge < -0.3 is 10.2 Å². The third-order valence-corrected chi connectivity index (χ3v) is 6.77. The maximum absolute atomic E-state index is 11.7. The van der Waals surface area contributed by atoms with E-state index >= 15 is 0 Å². The topological polar surface area (TPSA) is 81.3 Å². The summed E-state index contributed by atoms with van der Waals surface area (Å²) in [5, 5.41) is 28.9. The number of rotatable bonds is 3. The fraction of sp³-hybridized carbons (Fsp3) is 0.579. The fourth-order valence-electron chi connectivity index (χ4n) is 5.93. The van der Waals surface area contributed by atoms with Gasteiger partial charge in [0, 0.05) is 5.41 Å². The van der Waals surface area contributed by atoms with Gasteiger partial charge in [-0.25, -0.2) is 0 Å². The largest absolute Gasteiger partial charge is 0.481 e. The van der Waals surface area contributed by atoms with Gasteiger partial charge in [0.2, 0.25) is 0 Å². The second-order valence-electron chi connectivity index (χ2n) is 7.65. The van der Waals surface area contributed by atoms with Crippen LogP contribution in [0.15, 0.2) is 24.3 Å². The first-order valence-electron chi connectivity index (χ1n) is 8.45. The van der Waals surface area contributed by atoms with Crippen molar-refractivity contribution in [2.75, 3.05) is 0 Å². The van der Waals surface area contributed by atoms with E-state index in [0.717, 1.165) is 31.2 Å². The van der Waals surface area contributed by atoms with Gasteiger partial charge >= 0.3 is 5.97 Å². The molecule has 4 nitrogen and oxygen atoms in total. The van der Waals surface area contributed by atoms with Gasteiger partial charge in [0.1, 0.15) is 0 Å². The summed E-state index contributed by atoms with van der Waals surface area (Å²) in [6.45, 7) is 0. The van der Waals surface area contributed by atoms with Crippen molar-refractivity contribution >= 4 is 5.97 Å². The highest BCUT2D eigenvalue weighted by Gasteiger charge is 2.61. The maximum Gasteiger partial charge on any atom is 0.304 e. The second kappa shape index (κ2) is 5.07. The Bertz CT molecular complexity index is 643. The van der Waals surface area contributed by atoms with E-state index in [1.807, 2.05) is 12.1 Å². The average Bonchev–Trinajstić information content (AvgIpc) is 2.52. The Morgan fingerprint density at radius 1 is 1.13 bits per heavy atom. The number of hydrogen-bond donors (Lipinski definition) is 2. The summed E-state index contributed by atoms with van der Waals surface area (Å²) in [6, 6.07) is 9.66. The molecule has 0 saturated heterocycles. The highest BCUT2D eigenvalue weighted by Crippen LogP contribution is 2.64. The molecule has 4 aliphatic rings. The number of carbonyl (C=O) groups is 1. The fourth-order valence-corrected chi connectivity index (χ4v) is 5.93. The van der Waals surface area contributed by atoms with E-state index in [1.165, 1.54) is 0 Å². The quantitative estimate of drug-likeness (QED) is 0.899. The summed E-state index contributed by atoms with van der Waals surface area (Å²) in [6.07, 6.45) is 3.70. The first-order valence-corrected chi connectivity index (χ1v) is 8.45. The third kappa shape index (κ3) is 2.03. The average molecular weight is 311 g/mol. The van der Waals surface area contributed by atoms with E-state index < -0.39 is 5.97 Å². The zero-order chi connectivity index (χ0) is 16.2. The van der Waals surface area contributed by atoms with E-state index in [0.29, 0.717) is 29.2 Å². The van der Waals surface area contributed by atoms with Gasteiger partial charge in [-0.15, -0.1) is 0 Å². The van der Waals surface area contributed by atoms with E-state index in [4.69, 9.17) is 5.26 Å². The van der Waals surface area contributed by atoms with Crippen molar-refractivity contribution in [3.05, 3.63) is 35.4 Å². The monoisotopic (exact) mass is 311 g/mol. The van der Waals surface area contributed by atoms with Gasteiger partial charge in [0.15, 0.2) is 0 Å². The van der Waals surface area contributed by atoms with Crippen LogP contribution in [0.4, 0.5) is 0 Å². The van der Waals surface area contributed by atoms with E-state index in [-0.39, 0.29) is 17.9 Å². The number of nitrogens with zero attached hydrogens (tertiary/aromatic N) is 1. The van der Waals surface area contributed by atoms with E-state index in [1.54, 1.807) is 12.1 Å². The number of nitriles is 1. The van der Waals surface area contributed by atoms with Crippen molar-refractivity contribution in [1.29, 1.82) is 5.26 Å². The minimum absolute atomic E-state index is 0.157. The zero-order valence-corrected chi connectivity index (χ0v) is 13.0. The molecule has 0 radical (unpaired) electrons. The molecule has 4 fully saturated rings. The molecular weight excluding hydrogens is 290 g/mol. The molecule has 4 saturated carbocycles. The molecule has 0 amide bonds. The van der Waals surface area contributed by atoms with Gasteiger partial charge in [-0.3, -0.25) is 4.79 Å². The number of benzene rings is 1. The number of aliphatic hydroxyl groups excluding tert-OH is 1. The summed E-state index contributed by atoms with van der Waals surface area (Å²) in [5.41, 5.74) is 1.35. The third-order valence-electron chi connectivity index (χ3n) is 6.77. The first-order chi connectivity index (χ1) is 11.0. The van der Waals surface area contributed by atoms with E-state index in [2.05, 4.69) is 6.07 Å². The van der Waals surface area contributed by atoms with Gasteiger partial charge in [-0.2, -0.15) is 5.26 Å². The van der Waals surface area contributed by atoms with Crippen LogP contribution in [0.25, 0.3) is 0 Å². The molecular formula is C19H21NO3. The molecule has 23 heavy (non-hydrogen) atoms. The molecule has 5 rings (SSSR count). The summed E-state index contributed by atoms with van der Waals surface area (Å²) in [4.78, 5) is 11.7. The molecule has 0 aliphatic heterocycles. The number of aliphatic carboxylic acids is 1. The Balaban J connectivity index is 1.79. The van der Waals surface area contributed by atoms with Gasteiger partial charge in [0.25, 0.3) is 0 Å². The van der Waals surface area contributed by atoms with Gasteiger partial charge in [-0.05, 0) is 67.1 Å². The van der Waals surface area contributed by atoms with Crippen LogP contribution < -0.4 is 0 Å². The minimum Gasteiger partial charge on any atom is -0.481 e. The molecule has 4 bridgehead atoms. The molecule has 0 heterocycles. The maximum atomic E-state index is 11.7. The Morgan fingerprint density at radius 3 is 2.09 bits per heavy atom. The molecule has 4 aliphatic carbocycles. The lowest BCUT2D eigenvalue weighted by atomic mass is 9.42. The van der Waals surface area contributed by atoms with Crippen LogP contribution in [0.1, 0.15) is 43.2 Å². The number of aliphatic hydroxyl groups is 1. The predicted molar refractivity (Wildman–Crippen MR) is 83.5 cm³/mol. The number of hydrogen-bond acceptors (Lipinski definition) is 3. The molecule has 0 atom stereocenters. The van der Waals surface area contributed by atoms with Crippen LogP contribution in [0.3, 0.4) is 0 Å². The Kier molecular flexibility index (Phi) is 3.24. The minimum atomic E-state index is -0.748. The van der Waals surface area contributed by atoms with Crippen LogP contribution in [-0.2, 0) is 10.2 Å². The molecule has 0 unspecified atom stereocenters. The smallest absolute Gasteiger partial charge is 0.304 e. The highest BCUT2D eigenvalue weighted by molar-refractivity contribution is 5.69. The molecule has 120 valence electrons. The van der Waals surface area contributed by atoms with E-state index in [9.17, 15) is 15.0 Å². The summed E-state index contributed by atoms with van der Waals surface area (Å²) in [5.74, 6) is 0.604. The Morgan fingerprint density at radius 2 is 1.65 bits per heavy atom. The molecule has 0 spiro atoms. The predicted octanol–water partition coefficient (Wildman–Crippen LogP) is 2.70. The van der Waals surface area contributed by atoms with Crippen LogP contribution in [-0.4, -0.2) is 22.3 Å². The van der Waals surface area contributed by atoms with Crippen molar-refractivity contribution in [2.45, 2.75) is 43.6 Å². The number of carboxylic acids is 1. The second-order valence-corrected chi connectivity index (χ2v) is 7.65. The van der Waals surface area contributed by atoms with Gasteiger partial charge in [-0.1, -0.05) is 12.1 Å². The molecule has 1 aromatic rings. The normalized spacial score (nSPS) is 40.8. The van der Waals surface area contributed by atoms with Crippen molar-refractivity contribution < 1.29 is 15.0 Å². The SMILES string of the molecule is N#Cc1ccc(C2(CC(=O)O)C3CC4CC2CC(C3)C4O)cc1. The lowest BCUT2D eigenvalue weighted by Gasteiger charge is -2.62. The lowest BCUT2D eigenvalue weighted by Crippen LogP contribution is -2.60. The van der Waals surface area contributed by atoms with Crippen molar-refractivity contribution in [1.82, 2.24) is 0 Å². The summed E-state index contributed by atoms with van der Waals surface area (Å²) >= 11 is 0. The van der Waals surface area contributed by atoms with Crippen LogP contribution in [0.5, 0.6) is 0 Å². The zero-order valence-electron chi connectivity index (χ0n) is 13.0. The molecule has 0 aromatic heterocycles. The highest BCUT2D eigenvalue weighted by atomic mass is 16.4. The standard InChI is InChI=1S/C19H21NO3/c20-10-11-1-3-14(4-2-11)19(9-17(21)22)15-5-12-6-16(19)8-13(7-15)18(12)23/h1-4,12-13,15-16,18,23H,5-9H2,(H,21,22). The van der Waals surface area contributed by atoms with Crippen molar-refractivity contribution in [3.8, 4) is 6.07 Å². The van der Waals surface area contributed by atoms with Gasteiger partial charge in [0.05, 0.1) is 24.2 Å². The molecule has 1 aromatic carbocycles. The molecule has 4 heteroatoms. The number of carboxylic acid groups (broad SMARTS) is 1. The summed E-state index contributed by atoms with van der Waals surface area (Å²) in [7, 11) is 0. The van der Waals surface area contributed by atoms with Crippen molar-refractivity contribution in [3.63, 3.8) is 0 Å². The first kappa shape index (κ1) is 14.7. The lowest BCUT2D eigenvalue weighted by molar-refractivity contribution is -0.156. The Labute approximate surface area is 135 Å².